The van der Waals surface area contributed by atoms with Crippen LogP contribution in [0, 0.1) is 5.82 Å². The van der Waals surface area contributed by atoms with Gasteiger partial charge in [-0.1, -0.05) is 19.1 Å². The van der Waals surface area contributed by atoms with E-state index in [2.05, 4.69) is 37.7 Å². The topological polar surface area (TPSA) is 91.8 Å². The molecular formula is C20H23FN6O. The molecule has 146 valence electrons. The van der Waals surface area contributed by atoms with Gasteiger partial charge in [-0.05, 0) is 43.2 Å². The summed E-state index contributed by atoms with van der Waals surface area (Å²) in [6.07, 6.45) is 7.58. The number of rotatable bonds is 8. The molecule has 0 bridgehead atoms. The molecular weight excluding hydrogens is 359 g/mol. The average Bonchev–Trinajstić information content (AvgIpc) is 2.68. The van der Waals surface area contributed by atoms with Gasteiger partial charge < -0.3 is 16.0 Å². The van der Waals surface area contributed by atoms with Crippen LogP contribution >= 0.6 is 0 Å². The standard InChI is InChI=1S/C20H23FN6O/c1-3-6-16(22-2)25-19(28)15-8-9-17(27-26-15)24-13-20(10-5-11-20)18-14(21)7-4-12-23-18/h3-4,6-9,12,22H,1,5,10-11,13H2,2H3,(H,24,27)(H,25,28)/b16-6+. The summed E-state index contributed by atoms with van der Waals surface area (Å²) in [4.78, 5) is 16.4. The quantitative estimate of drug-likeness (QED) is 0.608. The summed E-state index contributed by atoms with van der Waals surface area (Å²) in [7, 11) is 1.69. The van der Waals surface area contributed by atoms with E-state index in [9.17, 15) is 9.18 Å². The third-order valence-corrected chi connectivity index (χ3v) is 4.88. The summed E-state index contributed by atoms with van der Waals surface area (Å²) in [5.74, 6) is 0.366. The van der Waals surface area contributed by atoms with Crippen molar-refractivity contribution in [1.82, 2.24) is 25.8 Å². The lowest BCUT2D eigenvalue weighted by Crippen LogP contribution is -2.42. The lowest BCUT2D eigenvalue weighted by Gasteiger charge is -2.41. The molecule has 28 heavy (non-hydrogen) atoms. The number of hydrogen-bond acceptors (Lipinski definition) is 6. The van der Waals surface area contributed by atoms with E-state index in [1.54, 1.807) is 43.6 Å². The molecule has 2 aromatic heterocycles. The number of aromatic nitrogens is 3. The van der Waals surface area contributed by atoms with E-state index in [-0.39, 0.29) is 22.8 Å². The Morgan fingerprint density at radius 1 is 1.32 bits per heavy atom. The first-order valence-electron chi connectivity index (χ1n) is 9.08. The summed E-state index contributed by atoms with van der Waals surface area (Å²) < 4.78 is 14.2. The molecule has 3 rings (SSSR count). The Morgan fingerprint density at radius 2 is 2.14 bits per heavy atom. The maximum atomic E-state index is 14.2. The first-order chi connectivity index (χ1) is 13.6. The van der Waals surface area contributed by atoms with E-state index >= 15 is 0 Å². The fourth-order valence-electron chi connectivity index (χ4n) is 3.18. The lowest BCUT2D eigenvalue weighted by molar-refractivity contribution is 0.0957. The molecule has 0 spiro atoms. The van der Waals surface area contributed by atoms with Gasteiger partial charge in [-0.2, -0.15) is 0 Å². The lowest BCUT2D eigenvalue weighted by atomic mass is 9.66. The molecule has 1 fully saturated rings. The van der Waals surface area contributed by atoms with Gasteiger partial charge in [0.15, 0.2) is 5.69 Å². The largest absolute Gasteiger partial charge is 0.375 e. The normalized spacial score (nSPS) is 15.3. The highest BCUT2D eigenvalue weighted by molar-refractivity contribution is 5.93. The smallest absolute Gasteiger partial charge is 0.277 e. The minimum Gasteiger partial charge on any atom is -0.375 e. The molecule has 0 aliphatic heterocycles. The number of carbonyl (C=O) groups excluding carboxylic acids is 1. The molecule has 7 nitrogen and oxygen atoms in total. The zero-order chi connectivity index (χ0) is 20.0. The fourth-order valence-corrected chi connectivity index (χ4v) is 3.18. The second-order valence-corrected chi connectivity index (χ2v) is 6.65. The fraction of sp³-hybridized carbons (Fsp3) is 0.300. The van der Waals surface area contributed by atoms with Crippen LogP contribution in [-0.4, -0.2) is 34.7 Å². The van der Waals surface area contributed by atoms with Gasteiger partial charge in [0.05, 0.1) is 5.69 Å². The number of pyridine rings is 1. The van der Waals surface area contributed by atoms with Crippen LogP contribution in [0.5, 0.6) is 0 Å². The Morgan fingerprint density at radius 3 is 2.71 bits per heavy atom. The van der Waals surface area contributed by atoms with Crippen molar-refractivity contribution >= 4 is 11.7 Å². The molecule has 1 amide bonds. The van der Waals surface area contributed by atoms with Crippen molar-refractivity contribution in [3.63, 3.8) is 0 Å². The van der Waals surface area contributed by atoms with Crippen LogP contribution in [-0.2, 0) is 5.41 Å². The van der Waals surface area contributed by atoms with Crippen molar-refractivity contribution in [3.8, 4) is 0 Å². The van der Waals surface area contributed by atoms with Crippen molar-refractivity contribution in [2.24, 2.45) is 0 Å². The maximum Gasteiger partial charge on any atom is 0.277 e. The summed E-state index contributed by atoms with van der Waals surface area (Å²) in [5.41, 5.74) is 0.344. The van der Waals surface area contributed by atoms with Crippen molar-refractivity contribution in [2.75, 3.05) is 18.9 Å². The van der Waals surface area contributed by atoms with Crippen LogP contribution in [0.2, 0.25) is 0 Å². The van der Waals surface area contributed by atoms with Gasteiger partial charge in [-0.3, -0.25) is 9.78 Å². The number of nitrogens with one attached hydrogen (secondary N) is 3. The van der Waals surface area contributed by atoms with Crippen LogP contribution in [0.15, 0.2) is 55.0 Å². The molecule has 1 saturated carbocycles. The molecule has 0 saturated heterocycles. The van der Waals surface area contributed by atoms with Crippen molar-refractivity contribution in [1.29, 1.82) is 0 Å². The number of anilines is 1. The first kappa shape index (κ1) is 19.5. The monoisotopic (exact) mass is 382 g/mol. The first-order valence-corrected chi connectivity index (χ1v) is 9.08. The van der Waals surface area contributed by atoms with Gasteiger partial charge >= 0.3 is 0 Å². The van der Waals surface area contributed by atoms with Gasteiger partial charge in [0.25, 0.3) is 5.91 Å². The zero-order valence-corrected chi connectivity index (χ0v) is 15.7. The summed E-state index contributed by atoms with van der Waals surface area (Å²) in [6.45, 7) is 4.09. The molecule has 2 heterocycles. The Balaban J connectivity index is 1.64. The second-order valence-electron chi connectivity index (χ2n) is 6.65. The van der Waals surface area contributed by atoms with E-state index < -0.39 is 0 Å². The van der Waals surface area contributed by atoms with Gasteiger partial charge in [-0.15, -0.1) is 10.2 Å². The number of amides is 1. The Kier molecular flexibility index (Phi) is 5.98. The van der Waals surface area contributed by atoms with Crippen LogP contribution in [0.1, 0.15) is 35.4 Å². The highest BCUT2D eigenvalue weighted by Crippen LogP contribution is 2.43. The summed E-state index contributed by atoms with van der Waals surface area (Å²) >= 11 is 0. The third-order valence-electron chi connectivity index (χ3n) is 4.88. The number of hydrogen-bond donors (Lipinski definition) is 3. The highest BCUT2D eigenvalue weighted by atomic mass is 19.1. The van der Waals surface area contributed by atoms with Gasteiger partial charge in [-0.25, -0.2) is 4.39 Å². The van der Waals surface area contributed by atoms with E-state index in [1.807, 2.05) is 0 Å². The third kappa shape index (κ3) is 4.16. The molecule has 0 aromatic carbocycles. The van der Waals surface area contributed by atoms with Gasteiger partial charge in [0, 0.05) is 25.2 Å². The average molecular weight is 382 g/mol. The zero-order valence-electron chi connectivity index (χ0n) is 15.7. The van der Waals surface area contributed by atoms with E-state index in [0.29, 0.717) is 23.9 Å². The van der Waals surface area contributed by atoms with E-state index in [4.69, 9.17) is 0 Å². The summed E-state index contributed by atoms with van der Waals surface area (Å²) in [6, 6.07) is 6.30. The van der Waals surface area contributed by atoms with E-state index in [1.165, 1.54) is 6.07 Å². The van der Waals surface area contributed by atoms with Crippen molar-refractivity contribution in [3.05, 3.63) is 72.2 Å². The Hall–Kier alpha value is -3.29. The van der Waals surface area contributed by atoms with Crippen LogP contribution in [0.3, 0.4) is 0 Å². The molecule has 1 aliphatic rings. The van der Waals surface area contributed by atoms with Crippen LogP contribution < -0.4 is 16.0 Å². The molecule has 2 aromatic rings. The van der Waals surface area contributed by atoms with Crippen molar-refractivity contribution in [2.45, 2.75) is 24.7 Å². The molecule has 3 N–H and O–H groups in total. The van der Waals surface area contributed by atoms with Crippen LogP contribution in [0.25, 0.3) is 0 Å². The highest BCUT2D eigenvalue weighted by Gasteiger charge is 2.41. The molecule has 8 heteroatoms. The molecule has 0 radical (unpaired) electrons. The number of halogens is 1. The second kappa shape index (κ2) is 8.60. The predicted octanol–water partition coefficient (Wildman–Crippen LogP) is 2.52. The Bertz CT molecular complexity index is 877. The molecule has 0 unspecified atom stereocenters. The van der Waals surface area contributed by atoms with E-state index in [0.717, 1.165) is 19.3 Å². The molecule has 1 aliphatic carbocycles. The van der Waals surface area contributed by atoms with Gasteiger partial charge in [0.1, 0.15) is 17.5 Å². The predicted molar refractivity (Wildman–Crippen MR) is 105 cm³/mol. The Labute approximate surface area is 163 Å². The minimum atomic E-state index is -0.382. The number of nitrogens with zero attached hydrogens (tertiary/aromatic N) is 3. The molecule has 0 atom stereocenters. The maximum absolute atomic E-state index is 14.2. The van der Waals surface area contributed by atoms with Crippen LogP contribution in [0.4, 0.5) is 10.2 Å². The number of carbonyl (C=O) groups is 1. The SMILES string of the molecule is C=C/C=C(\NC)NC(=O)c1ccc(NCC2(c3ncccc3F)CCC2)nn1. The van der Waals surface area contributed by atoms with Gasteiger partial charge in [0.2, 0.25) is 0 Å². The summed E-state index contributed by atoms with van der Waals surface area (Å²) in [5, 5.41) is 16.7. The number of allylic oxidation sites excluding steroid dienone is 2. The van der Waals surface area contributed by atoms with Crippen molar-refractivity contribution < 1.29 is 9.18 Å². The minimum absolute atomic E-state index is 0.185.